The second kappa shape index (κ2) is 4.87. The van der Waals surface area contributed by atoms with Crippen molar-refractivity contribution in [2.45, 2.75) is 62.6 Å². The molecule has 3 aliphatic rings. The molecule has 0 bridgehead atoms. The highest BCUT2D eigenvalue weighted by molar-refractivity contribution is 5.00. The Morgan fingerprint density at radius 3 is 2.65 bits per heavy atom. The SMILES string of the molecule is CN[C@H]1CC[C@]2(CCCO2)C[C@@H]1N1CCCC1. The molecule has 0 unspecified atom stereocenters. The van der Waals surface area contributed by atoms with Gasteiger partial charge in [0.25, 0.3) is 0 Å². The van der Waals surface area contributed by atoms with Crippen LogP contribution < -0.4 is 5.32 Å². The average Bonchev–Trinajstić information content (AvgIpc) is 3.00. The van der Waals surface area contributed by atoms with E-state index in [1.807, 2.05) is 0 Å². The van der Waals surface area contributed by atoms with E-state index in [9.17, 15) is 0 Å². The number of likely N-dealkylation sites (N-methyl/N-ethyl adjacent to an activating group) is 1. The van der Waals surface area contributed by atoms with Gasteiger partial charge in [0.1, 0.15) is 0 Å². The zero-order valence-electron chi connectivity index (χ0n) is 11.1. The molecule has 98 valence electrons. The molecular weight excluding hydrogens is 212 g/mol. The Morgan fingerprint density at radius 2 is 2.00 bits per heavy atom. The van der Waals surface area contributed by atoms with E-state index in [1.165, 1.54) is 58.0 Å². The number of hydrogen-bond acceptors (Lipinski definition) is 3. The van der Waals surface area contributed by atoms with E-state index in [1.54, 1.807) is 0 Å². The number of hydrogen-bond donors (Lipinski definition) is 1. The van der Waals surface area contributed by atoms with Crippen LogP contribution in [0.15, 0.2) is 0 Å². The lowest BCUT2D eigenvalue weighted by Crippen LogP contribution is -2.56. The van der Waals surface area contributed by atoms with Gasteiger partial charge in [-0.3, -0.25) is 4.90 Å². The van der Waals surface area contributed by atoms with E-state index in [-0.39, 0.29) is 5.60 Å². The summed E-state index contributed by atoms with van der Waals surface area (Å²) in [6, 6.07) is 1.40. The van der Waals surface area contributed by atoms with Crippen LogP contribution in [0.2, 0.25) is 0 Å². The highest BCUT2D eigenvalue weighted by atomic mass is 16.5. The highest BCUT2D eigenvalue weighted by Crippen LogP contribution is 2.41. The van der Waals surface area contributed by atoms with Gasteiger partial charge < -0.3 is 10.1 Å². The van der Waals surface area contributed by atoms with Crippen molar-refractivity contribution in [3.63, 3.8) is 0 Å². The molecule has 17 heavy (non-hydrogen) atoms. The Bertz CT molecular complexity index is 255. The van der Waals surface area contributed by atoms with Gasteiger partial charge in [-0.05, 0) is 65.1 Å². The molecule has 0 aromatic heterocycles. The largest absolute Gasteiger partial charge is 0.375 e. The first-order valence-corrected chi connectivity index (χ1v) is 7.38. The van der Waals surface area contributed by atoms with Crippen molar-refractivity contribution >= 4 is 0 Å². The predicted molar refractivity (Wildman–Crippen MR) is 69.2 cm³/mol. The van der Waals surface area contributed by atoms with E-state index in [0.717, 1.165) is 6.61 Å². The summed E-state index contributed by atoms with van der Waals surface area (Å²) in [7, 11) is 2.13. The van der Waals surface area contributed by atoms with Crippen LogP contribution in [0.1, 0.15) is 44.9 Å². The lowest BCUT2D eigenvalue weighted by atomic mass is 9.77. The molecule has 2 aliphatic heterocycles. The normalized spacial score (nSPS) is 43.6. The van der Waals surface area contributed by atoms with Gasteiger partial charge in [-0.2, -0.15) is 0 Å². The van der Waals surface area contributed by atoms with Crippen LogP contribution in [0.25, 0.3) is 0 Å². The first-order valence-electron chi connectivity index (χ1n) is 7.38. The summed E-state index contributed by atoms with van der Waals surface area (Å²) in [6.45, 7) is 3.61. The number of rotatable bonds is 2. The van der Waals surface area contributed by atoms with Crippen molar-refractivity contribution in [2.75, 3.05) is 26.7 Å². The number of nitrogens with one attached hydrogen (secondary N) is 1. The molecule has 3 fully saturated rings. The number of likely N-dealkylation sites (tertiary alicyclic amines) is 1. The minimum atomic E-state index is 0.251. The monoisotopic (exact) mass is 238 g/mol. The maximum atomic E-state index is 6.11. The molecular formula is C14H26N2O. The van der Waals surface area contributed by atoms with E-state index < -0.39 is 0 Å². The number of ether oxygens (including phenoxy) is 1. The third-order valence-corrected chi connectivity index (χ3v) is 5.12. The molecule has 2 saturated heterocycles. The van der Waals surface area contributed by atoms with Crippen molar-refractivity contribution in [2.24, 2.45) is 0 Å². The highest BCUT2D eigenvalue weighted by Gasteiger charge is 2.45. The standard InChI is InChI=1S/C14H26N2O/c1-15-12-5-7-14(6-4-10-17-14)11-13(12)16-8-2-3-9-16/h12-13,15H,2-11H2,1H3/t12-,13-,14+/m0/s1. The number of nitrogens with zero attached hydrogens (tertiary/aromatic N) is 1. The molecule has 3 nitrogen and oxygen atoms in total. The van der Waals surface area contributed by atoms with Gasteiger partial charge in [-0.1, -0.05) is 0 Å². The van der Waals surface area contributed by atoms with Crippen LogP contribution in [-0.4, -0.2) is 49.3 Å². The molecule has 1 N–H and O–H groups in total. The third kappa shape index (κ3) is 2.25. The van der Waals surface area contributed by atoms with E-state index in [2.05, 4.69) is 17.3 Å². The fraction of sp³-hybridized carbons (Fsp3) is 1.00. The van der Waals surface area contributed by atoms with Crippen LogP contribution in [-0.2, 0) is 4.74 Å². The van der Waals surface area contributed by atoms with Gasteiger partial charge >= 0.3 is 0 Å². The summed E-state index contributed by atoms with van der Waals surface area (Å²) in [6.07, 6.45) is 9.17. The quantitative estimate of drug-likeness (QED) is 0.793. The van der Waals surface area contributed by atoms with Gasteiger partial charge in [-0.15, -0.1) is 0 Å². The topological polar surface area (TPSA) is 24.5 Å². The molecule has 0 aromatic rings. The maximum absolute atomic E-state index is 6.11. The zero-order chi connectivity index (χ0) is 11.7. The van der Waals surface area contributed by atoms with Crippen LogP contribution in [0.4, 0.5) is 0 Å². The lowest BCUT2D eigenvalue weighted by Gasteiger charge is -2.45. The summed E-state index contributed by atoms with van der Waals surface area (Å²) in [5.41, 5.74) is 0.251. The van der Waals surface area contributed by atoms with Gasteiger partial charge in [0.05, 0.1) is 5.60 Å². The Balaban J connectivity index is 1.72. The maximum Gasteiger partial charge on any atom is 0.0699 e. The smallest absolute Gasteiger partial charge is 0.0699 e. The van der Waals surface area contributed by atoms with E-state index in [0.29, 0.717) is 12.1 Å². The molecule has 1 saturated carbocycles. The molecule has 0 radical (unpaired) electrons. The van der Waals surface area contributed by atoms with Gasteiger partial charge in [-0.25, -0.2) is 0 Å². The minimum absolute atomic E-state index is 0.251. The molecule has 0 amide bonds. The van der Waals surface area contributed by atoms with Gasteiger partial charge in [0, 0.05) is 18.7 Å². The molecule has 0 aromatic carbocycles. The predicted octanol–water partition coefficient (Wildman–Crippen LogP) is 1.77. The van der Waals surface area contributed by atoms with Crippen LogP contribution >= 0.6 is 0 Å². The van der Waals surface area contributed by atoms with Gasteiger partial charge in [0.15, 0.2) is 0 Å². The summed E-state index contributed by atoms with van der Waals surface area (Å²) in [5.74, 6) is 0. The van der Waals surface area contributed by atoms with E-state index in [4.69, 9.17) is 4.74 Å². The Morgan fingerprint density at radius 1 is 1.18 bits per heavy atom. The summed E-state index contributed by atoms with van der Waals surface area (Å²) < 4.78 is 6.11. The van der Waals surface area contributed by atoms with Crippen molar-refractivity contribution in [1.82, 2.24) is 10.2 Å². The van der Waals surface area contributed by atoms with Gasteiger partial charge in [0.2, 0.25) is 0 Å². The van der Waals surface area contributed by atoms with Crippen molar-refractivity contribution in [3.05, 3.63) is 0 Å². The van der Waals surface area contributed by atoms with Crippen LogP contribution in [0, 0.1) is 0 Å². The Kier molecular flexibility index (Phi) is 3.42. The second-order valence-corrected chi connectivity index (χ2v) is 6.08. The summed E-state index contributed by atoms with van der Waals surface area (Å²) in [5, 5.41) is 3.54. The molecule has 1 spiro atoms. The van der Waals surface area contributed by atoms with E-state index >= 15 is 0 Å². The summed E-state index contributed by atoms with van der Waals surface area (Å²) >= 11 is 0. The zero-order valence-corrected chi connectivity index (χ0v) is 11.1. The molecule has 3 heteroatoms. The van der Waals surface area contributed by atoms with Crippen molar-refractivity contribution < 1.29 is 4.74 Å². The average molecular weight is 238 g/mol. The third-order valence-electron chi connectivity index (χ3n) is 5.12. The van der Waals surface area contributed by atoms with Crippen molar-refractivity contribution in [3.8, 4) is 0 Å². The minimum Gasteiger partial charge on any atom is -0.375 e. The Hall–Kier alpha value is -0.120. The van der Waals surface area contributed by atoms with Crippen molar-refractivity contribution in [1.29, 1.82) is 0 Å². The molecule has 3 rings (SSSR count). The fourth-order valence-corrected chi connectivity index (χ4v) is 4.14. The van der Waals surface area contributed by atoms with Crippen LogP contribution in [0.3, 0.4) is 0 Å². The lowest BCUT2D eigenvalue weighted by molar-refractivity contribution is -0.0567. The Labute approximate surface area is 105 Å². The molecule has 2 heterocycles. The first kappa shape index (κ1) is 11.9. The molecule has 1 aliphatic carbocycles. The second-order valence-electron chi connectivity index (χ2n) is 6.08. The summed E-state index contributed by atoms with van der Waals surface area (Å²) in [4.78, 5) is 2.71. The van der Waals surface area contributed by atoms with Crippen LogP contribution in [0.5, 0.6) is 0 Å². The molecule has 3 atom stereocenters. The fourth-order valence-electron chi connectivity index (χ4n) is 4.14. The first-order chi connectivity index (χ1) is 8.33.